The molecule has 0 aliphatic heterocycles. The maximum absolute atomic E-state index is 12.0. The lowest BCUT2D eigenvalue weighted by Crippen LogP contribution is -2.18. The van der Waals surface area contributed by atoms with E-state index in [-0.39, 0.29) is 10.9 Å². The number of hydrogen-bond donors (Lipinski definition) is 3. The first-order valence-corrected chi connectivity index (χ1v) is 5.81. The molecule has 0 aliphatic rings. The van der Waals surface area contributed by atoms with Crippen molar-refractivity contribution in [3.63, 3.8) is 0 Å². The molecule has 7 heteroatoms. The van der Waals surface area contributed by atoms with E-state index in [4.69, 9.17) is 22.7 Å². The van der Waals surface area contributed by atoms with Gasteiger partial charge >= 0.3 is 0 Å². The molecule has 1 aromatic heterocycles. The van der Waals surface area contributed by atoms with Gasteiger partial charge in [0, 0.05) is 11.8 Å². The standard InChI is InChI=1S/C12H12N4O2S/c1-18-9-4-2-3-8(11(13)19)10(9)16-12(17)7-5-14-15-6-7/h2-6H,1H3,(H2,13,19)(H,14,15)(H,16,17). The predicted molar refractivity (Wildman–Crippen MR) is 75.4 cm³/mol. The van der Waals surface area contributed by atoms with Crippen LogP contribution in [0.1, 0.15) is 15.9 Å². The molecule has 4 N–H and O–H groups in total. The molecule has 6 nitrogen and oxygen atoms in total. The minimum Gasteiger partial charge on any atom is -0.495 e. The molecule has 0 saturated carbocycles. The largest absolute Gasteiger partial charge is 0.495 e. The molecule has 1 heterocycles. The summed E-state index contributed by atoms with van der Waals surface area (Å²) in [6.07, 6.45) is 2.91. The predicted octanol–water partition coefficient (Wildman–Crippen LogP) is 1.30. The van der Waals surface area contributed by atoms with Crippen LogP contribution >= 0.6 is 12.2 Å². The molecular weight excluding hydrogens is 264 g/mol. The number of ether oxygens (including phenoxy) is 1. The molecule has 0 unspecified atom stereocenters. The van der Waals surface area contributed by atoms with Crippen LogP contribution in [0.25, 0.3) is 0 Å². The van der Waals surface area contributed by atoms with E-state index in [9.17, 15) is 4.79 Å². The zero-order chi connectivity index (χ0) is 13.8. The van der Waals surface area contributed by atoms with Crippen molar-refractivity contribution in [2.24, 2.45) is 5.73 Å². The second-order valence-electron chi connectivity index (χ2n) is 3.69. The Morgan fingerprint density at radius 1 is 1.53 bits per heavy atom. The molecule has 2 aromatic rings. The maximum atomic E-state index is 12.0. The number of anilines is 1. The normalized spacial score (nSPS) is 9.95. The van der Waals surface area contributed by atoms with Gasteiger partial charge in [-0.3, -0.25) is 9.89 Å². The van der Waals surface area contributed by atoms with Gasteiger partial charge in [0.15, 0.2) is 0 Å². The summed E-state index contributed by atoms with van der Waals surface area (Å²) in [6.45, 7) is 0. The van der Waals surface area contributed by atoms with Crippen LogP contribution in [0.15, 0.2) is 30.6 Å². The number of H-pyrrole nitrogens is 1. The summed E-state index contributed by atoms with van der Waals surface area (Å²) in [5, 5.41) is 9.01. The van der Waals surface area contributed by atoms with Gasteiger partial charge in [0.25, 0.3) is 5.91 Å². The lowest BCUT2D eigenvalue weighted by atomic mass is 10.1. The first kappa shape index (κ1) is 13.0. The average molecular weight is 276 g/mol. The average Bonchev–Trinajstić information content (AvgIpc) is 2.92. The number of nitrogens with zero attached hydrogens (tertiary/aromatic N) is 1. The van der Waals surface area contributed by atoms with Crippen molar-refractivity contribution in [1.82, 2.24) is 10.2 Å². The second kappa shape index (κ2) is 5.49. The van der Waals surface area contributed by atoms with E-state index in [0.717, 1.165) is 0 Å². The van der Waals surface area contributed by atoms with E-state index in [1.54, 1.807) is 18.2 Å². The number of rotatable bonds is 4. The van der Waals surface area contributed by atoms with E-state index >= 15 is 0 Å². The number of hydrogen-bond acceptors (Lipinski definition) is 4. The fourth-order valence-corrected chi connectivity index (χ4v) is 1.77. The Bertz CT molecular complexity index is 610. The highest BCUT2D eigenvalue weighted by Gasteiger charge is 2.15. The first-order chi connectivity index (χ1) is 9.13. The molecule has 0 fully saturated rings. The summed E-state index contributed by atoms with van der Waals surface area (Å²) < 4.78 is 5.20. The quantitative estimate of drug-likeness (QED) is 0.732. The highest BCUT2D eigenvalue weighted by atomic mass is 32.1. The summed E-state index contributed by atoms with van der Waals surface area (Å²) in [7, 11) is 1.51. The van der Waals surface area contributed by atoms with Gasteiger partial charge in [-0.2, -0.15) is 5.10 Å². The van der Waals surface area contributed by atoms with E-state index in [1.165, 1.54) is 19.5 Å². The third-order valence-corrected chi connectivity index (χ3v) is 2.73. The Kier molecular flexibility index (Phi) is 3.76. The Morgan fingerprint density at radius 3 is 2.89 bits per heavy atom. The first-order valence-electron chi connectivity index (χ1n) is 5.40. The number of aromatic amines is 1. The second-order valence-corrected chi connectivity index (χ2v) is 4.13. The zero-order valence-electron chi connectivity index (χ0n) is 10.1. The zero-order valence-corrected chi connectivity index (χ0v) is 11.0. The smallest absolute Gasteiger partial charge is 0.258 e. The van der Waals surface area contributed by atoms with Crippen LogP contribution < -0.4 is 15.8 Å². The molecule has 0 atom stereocenters. The van der Waals surface area contributed by atoms with E-state index in [0.29, 0.717) is 22.6 Å². The maximum Gasteiger partial charge on any atom is 0.258 e. The van der Waals surface area contributed by atoms with Crippen LogP contribution in [0.2, 0.25) is 0 Å². The third kappa shape index (κ3) is 2.71. The van der Waals surface area contributed by atoms with Crippen LogP contribution in [0, 0.1) is 0 Å². The highest BCUT2D eigenvalue weighted by molar-refractivity contribution is 7.80. The summed E-state index contributed by atoms with van der Waals surface area (Å²) in [4.78, 5) is 12.2. The van der Waals surface area contributed by atoms with Gasteiger partial charge in [0.05, 0.1) is 24.6 Å². The van der Waals surface area contributed by atoms with E-state index in [2.05, 4.69) is 15.5 Å². The number of thiocarbonyl (C=S) groups is 1. The minimum atomic E-state index is -0.323. The highest BCUT2D eigenvalue weighted by Crippen LogP contribution is 2.28. The summed E-state index contributed by atoms with van der Waals surface area (Å²) in [5.41, 5.74) is 7.04. The molecular formula is C12H12N4O2S. The number of methoxy groups -OCH3 is 1. The number of carbonyl (C=O) groups excluding carboxylic acids is 1. The number of para-hydroxylation sites is 1. The molecule has 0 radical (unpaired) electrons. The molecule has 98 valence electrons. The van der Waals surface area contributed by atoms with Crippen molar-refractivity contribution < 1.29 is 9.53 Å². The number of nitrogens with two attached hydrogens (primary N) is 1. The lowest BCUT2D eigenvalue weighted by molar-refractivity contribution is 0.102. The summed E-state index contributed by atoms with van der Waals surface area (Å²) >= 11 is 4.96. The van der Waals surface area contributed by atoms with Gasteiger partial charge in [0.1, 0.15) is 10.7 Å². The fraction of sp³-hybridized carbons (Fsp3) is 0.0833. The van der Waals surface area contributed by atoms with Crippen molar-refractivity contribution in [1.29, 1.82) is 0 Å². The van der Waals surface area contributed by atoms with Crippen LogP contribution in [0.3, 0.4) is 0 Å². The van der Waals surface area contributed by atoms with Gasteiger partial charge < -0.3 is 15.8 Å². The molecule has 1 amide bonds. The van der Waals surface area contributed by atoms with Crippen molar-refractivity contribution >= 4 is 28.8 Å². The Hall–Kier alpha value is -2.41. The van der Waals surface area contributed by atoms with Crippen molar-refractivity contribution in [2.75, 3.05) is 12.4 Å². The van der Waals surface area contributed by atoms with Crippen LogP contribution in [-0.2, 0) is 0 Å². The number of amides is 1. The molecule has 1 aromatic carbocycles. The molecule has 0 spiro atoms. The van der Waals surface area contributed by atoms with Gasteiger partial charge in [-0.25, -0.2) is 0 Å². The van der Waals surface area contributed by atoms with Crippen LogP contribution in [0.5, 0.6) is 5.75 Å². The SMILES string of the molecule is COc1cccc(C(N)=S)c1NC(=O)c1cn[nH]c1. The number of nitrogens with one attached hydrogen (secondary N) is 2. The Labute approximate surface area is 115 Å². The number of benzene rings is 1. The van der Waals surface area contributed by atoms with Gasteiger partial charge in [-0.1, -0.05) is 18.3 Å². The lowest BCUT2D eigenvalue weighted by Gasteiger charge is -2.13. The van der Waals surface area contributed by atoms with Gasteiger partial charge in [0.2, 0.25) is 0 Å². The summed E-state index contributed by atoms with van der Waals surface area (Å²) in [5.74, 6) is 0.165. The molecule has 2 rings (SSSR count). The molecule has 19 heavy (non-hydrogen) atoms. The van der Waals surface area contributed by atoms with Gasteiger partial charge in [-0.05, 0) is 12.1 Å². The van der Waals surface area contributed by atoms with Crippen molar-refractivity contribution in [3.8, 4) is 5.75 Å². The monoisotopic (exact) mass is 276 g/mol. The molecule has 0 aliphatic carbocycles. The van der Waals surface area contributed by atoms with E-state index < -0.39 is 0 Å². The van der Waals surface area contributed by atoms with Gasteiger partial charge in [-0.15, -0.1) is 0 Å². The molecule has 0 saturated heterocycles. The van der Waals surface area contributed by atoms with E-state index in [1.807, 2.05) is 0 Å². The van der Waals surface area contributed by atoms with Crippen LogP contribution in [-0.4, -0.2) is 28.2 Å². The number of carbonyl (C=O) groups is 1. The van der Waals surface area contributed by atoms with Crippen molar-refractivity contribution in [3.05, 3.63) is 41.7 Å². The minimum absolute atomic E-state index is 0.182. The summed E-state index contributed by atoms with van der Waals surface area (Å²) in [6, 6.07) is 5.18. The Balaban J connectivity index is 2.38. The molecule has 0 bridgehead atoms. The van der Waals surface area contributed by atoms with Crippen molar-refractivity contribution in [2.45, 2.75) is 0 Å². The third-order valence-electron chi connectivity index (χ3n) is 2.51. The number of aromatic nitrogens is 2. The van der Waals surface area contributed by atoms with Crippen LogP contribution in [0.4, 0.5) is 5.69 Å². The topological polar surface area (TPSA) is 93.0 Å². The Morgan fingerprint density at radius 2 is 2.32 bits per heavy atom. The fourth-order valence-electron chi connectivity index (χ4n) is 1.60.